The number of hydrogen-bond donors (Lipinski definition) is 0. The zero-order chi connectivity index (χ0) is 21.9. The van der Waals surface area contributed by atoms with Gasteiger partial charge in [0.1, 0.15) is 6.10 Å². The van der Waals surface area contributed by atoms with Crippen LogP contribution in [0.3, 0.4) is 0 Å². The van der Waals surface area contributed by atoms with Crippen LogP contribution in [0.1, 0.15) is 92.9 Å². The molecule has 4 fully saturated rings. The lowest BCUT2D eigenvalue weighted by Crippen LogP contribution is -2.52. The number of hydrogen-bond acceptors (Lipinski definition) is 4. The summed E-state index contributed by atoms with van der Waals surface area (Å²) in [4.78, 5) is 11.4. The Morgan fingerprint density at radius 1 is 1.00 bits per heavy atom. The summed E-state index contributed by atoms with van der Waals surface area (Å²) in [6, 6.07) is 0. The Morgan fingerprint density at radius 3 is 2.23 bits per heavy atom. The fourth-order valence-corrected chi connectivity index (χ4v) is 7.71. The van der Waals surface area contributed by atoms with Gasteiger partial charge in [-0.2, -0.15) is 0 Å². The maximum atomic E-state index is 11.4. The molecule has 3 unspecified atom stereocenters. The van der Waals surface area contributed by atoms with E-state index in [1.807, 2.05) is 0 Å². The van der Waals surface area contributed by atoms with E-state index < -0.39 is 5.79 Å². The Hall–Kier alpha value is -0.870. The van der Waals surface area contributed by atoms with Crippen molar-refractivity contribution in [1.29, 1.82) is 0 Å². The van der Waals surface area contributed by atoms with Gasteiger partial charge in [0, 0.05) is 6.92 Å². The van der Waals surface area contributed by atoms with Gasteiger partial charge in [-0.25, -0.2) is 0 Å². The molecule has 30 heavy (non-hydrogen) atoms. The van der Waals surface area contributed by atoms with Crippen LogP contribution in [0.15, 0.2) is 12.2 Å². The minimum Gasteiger partial charge on any atom is -0.463 e. The molecule has 0 radical (unpaired) electrons. The number of fused-ring (bicyclic) bond motifs is 1. The lowest BCUT2D eigenvalue weighted by Gasteiger charge is -2.56. The standard InChI is InChI=1S/C26H42O4/c1-16-8-9-21-22(23-17(2)29-24(4,5)30-23)20(12-15-26(16,21)7)25(6)13-10-19(11-14-25)28-18(3)27/h17,19-23H,1,8-15H2,2-7H3/t17-,19-,20?,21?,22?,23+,25-,26-/m1/s1. The fourth-order valence-electron chi connectivity index (χ4n) is 7.71. The molecule has 4 nitrogen and oxygen atoms in total. The Labute approximate surface area is 183 Å². The van der Waals surface area contributed by atoms with E-state index in [1.54, 1.807) is 0 Å². The SMILES string of the molecule is C=C1CCC2C([C@H]3OC(C)(C)O[C@@H]3C)C([C@]3(C)CC[C@@H](OC(C)=O)CC3)CC[C@]12C. The number of carbonyl (C=O) groups excluding carboxylic acids is 1. The predicted molar refractivity (Wildman–Crippen MR) is 118 cm³/mol. The molecule has 1 aliphatic heterocycles. The fraction of sp³-hybridized carbons (Fsp3) is 0.885. The van der Waals surface area contributed by atoms with Crippen molar-refractivity contribution in [3.05, 3.63) is 12.2 Å². The molecule has 0 aromatic rings. The lowest BCUT2D eigenvalue weighted by molar-refractivity contribution is -0.167. The Kier molecular flexibility index (Phi) is 5.67. The van der Waals surface area contributed by atoms with Gasteiger partial charge in [-0.3, -0.25) is 4.79 Å². The molecule has 4 rings (SSSR count). The normalized spacial score (nSPS) is 48.4. The second-order valence-electron chi connectivity index (χ2n) is 11.7. The molecule has 0 aromatic carbocycles. The highest BCUT2D eigenvalue weighted by Crippen LogP contribution is 2.64. The smallest absolute Gasteiger partial charge is 0.302 e. The van der Waals surface area contributed by atoms with E-state index in [-0.39, 0.29) is 35.1 Å². The van der Waals surface area contributed by atoms with Crippen molar-refractivity contribution in [3.8, 4) is 0 Å². The average Bonchev–Trinajstić information content (AvgIpc) is 3.10. The monoisotopic (exact) mass is 418 g/mol. The van der Waals surface area contributed by atoms with E-state index in [0.717, 1.165) is 32.1 Å². The third kappa shape index (κ3) is 3.77. The molecule has 0 amide bonds. The quantitative estimate of drug-likeness (QED) is 0.414. The van der Waals surface area contributed by atoms with Crippen molar-refractivity contribution < 1.29 is 19.0 Å². The summed E-state index contributed by atoms with van der Waals surface area (Å²) in [5, 5.41) is 0. The van der Waals surface area contributed by atoms with Crippen molar-refractivity contribution in [2.24, 2.45) is 28.6 Å². The average molecular weight is 419 g/mol. The molecule has 1 heterocycles. The zero-order valence-electron chi connectivity index (χ0n) is 20.0. The van der Waals surface area contributed by atoms with Crippen molar-refractivity contribution in [2.75, 3.05) is 0 Å². The molecule has 0 aromatic heterocycles. The van der Waals surface area contributed by atoms with Crippen LogP contribution < -0.4 is 0 Å². The van der Waals surface area contributed by atoms with E-state index in [9.17, 15) is 4.79 Å². The maximum absolute atomic E-state index is 11.4. The van der Waals surface area contributed by atoms with Crippen molar-refractivity contribution in [1.82, 2.24) is 0 Å². The van der Waals surface area contributed by atoms with Gasteiger partial charge < -0.3 is 14.2 Å². The number of rotatable bonds is 3. The van der Waals surface area contributed by atoms with E-state index in [2.05, 4.69) is 41.2 Å². The van der Waals surface area contributed by atoms with E-state index in [1.165, 1.54) is 31.8 Å². The summed E-state index contributed by atoms with van der Waals surface area (Å²) in [6.45, 7) is 17.3. The largest absolute Gasteiger partial charge is 0.463 e. The highest BCUT2D eigenvalue weighted by Gasteiger charge is 2.59. The first-order valence-electron chi connectivity index (χ1n) is 12.2. The second kappa shape index (κ2) is 7.62. The summed E-state index contributed by atoms with van der Waals surface area (Å²) in [5.41, 5.74) is 1.95. The molecule has 6 atom stereocenters. The predicted octanol–water partition coefficient (Wildman–Crippen LogP) is 6.04. The van der Waals surface area contributed by atoms with Crippen LogP contribution in [0.25, 0.3) is 0 Å². The van der Waals surface area contributed by atoms with Crippen LogP contribution in [-0.4, -0.2) is 30.1 Å². The Balaban J connectivity index is 1.62. The topological polar surface area (TPSA) is 44.8 Å². The molecule has 0 N–H and O–H groups in total. The summed E-state index contributed by atoms with van der Waals surface area (Å²) in [6.07, 6.45) is 9.44. The van der Waals surface area contributed by atoms with Gasteiger partial charge >= 0.3 is 5.97 Å². The molecule has 3 saturated carbocycles. The molecule has 0 spiro atoms. The van der Waals surface area contributed by atoms with Crippen molar-refractivity contribution >= 4 is 5.97 Å². The van der Waals surface area contributed by atoms with Crippen LogP contribution in [0.4, 0.5) is 0 Å². The van der Waals surface area contributed by atoms with Gasteiger partial charge in [-0.15, -0.1) is 0 Å². The number of ether oxygens (including phenoxy) is 3. The van der Waals surface area contributed by atoms with Gasteiger partial charge in [0.15, 0.2) is 5.79 Å². The lowest BCUT2D eigenvalue weighted by atomic mass is 9.50. The molecule has 0 bridgehead atoms. The molecule has 170 valence electrons. The maximum Gasteiger partial charge on any atom is 0.302 e. The summed E-state index contributed by atoms with van der Waals surface area (Å²) in [7, 11) is 0. The number of allylic oxidation sites excluding steroid dienone is 1. The molecule has 4 heteroatoms. The van der Waals surface area contributed by atoms with Crippen LogP contribution in [-0.2, 0) is 19.0 Å². The first-order chi connectivity index (χ1) is 14.0. The minimum atomic E-state index is -0.508. The molecule has 1 saturated heterocycles. The van der Waals surface area contributed by atoms with E-state index in [4.69, 9.17) is 14.2 Å². The zero-order valence-corrected chi connectivity index (χ0v) is 20.0. The summed E-state index contributed by atoms with van der Waals surface area (Å²) in [5.74, 6) is 1.08. The Morgan fingerprint density at radius 2 is 1.67 bits per heavy atom. The van der Waals surface area contributed by atoms with Gasteiger partial charge in [0.2, 0.25) is 0 Å². The van der Waals surface area contributed by atoms with Gasteiger partial charge in [-0.05, 0) is 101 Å². The highest BCUT2D eigenvalue weighted by atomic mass is 16.7. The van der Waals surface area contributed by atoms with Crippen molar-refractivity contribution in [3.63, 3.8) is 0 Å². The van der Waals surface area contributed by atoms with Gasteiger partial charge in [0.05, 0.1) is 12.2 Å². The Bertz CT molecular complexity index is 689. The third-order valence-electron chi connectivity index (χ3n) is 9.32. The van der Waals surface area contributed by atoms with Crippen molar-refractivity contribution in [2.45, 2.75) is 117 Å². The number of carbonyl (C=O) groups is 1. The first kappa shape index (κ1) is 22.3. The van der Waals surface area contributed by atoms with Crippen LogP contribution in [0.2, 0.25) is 0 Å². The summed E-state index contributed by atoms with van der Waals surface area (Å²) < 4.78 is 18.4. The first-order valence-corrected chi connectivity index (χ1v) is 12.2. The second-order valence-corrected chi connectivity index (χ2v) is 11.7. The van der Waals surface area contributed by atoms with Gasteiger partial charge in [0.25, 0.3) is 0 Å². The summed E-state index contributed by atoms with van der Waals surface area (Å²) >= 11 is 0. The number of esters is 1. The molecule has 4 aliphatic rings. The van der Waals surface area contributed by atoms with Crippen LogP contribution in [0.5, 0.6) is 0 Å². The van der Waals surface area contributed by atoms with Gasteiger partial charge in [-0.1, -0.05) is 26.0 Å². The van der Waals surface area contributed by atoms with Crippen LogP contribution in [0, 0.1) is 28.6 Å². The minimum absolute atomic E-state index is 0.0954. The molecular formula is C26H42O4. The van der Waals surface area contributed by atoms with Crippen LogP contribution >= 0.6 is 0 Å². The van der Waals surface area contributed by atoms with E-state index >= 15 is 0 Å². The highest BCUT2D eigenvalue weighted by molar-refractivity contribution is 5.66. The third-order valence-corrected chi connectivity index (χ3v) is 9.32. The van der Waals surface area contributed by atoms with E-state index in [0.29, 0.717) is 17.8 Å². The molecular weight excluding hydrogens is 376 g/mol. The molecule has 3 aliphatic carbocycles.